The van der Waals surface area contributed by atoms with E-state index < -0.39 is 0 Å². The Hall–Kier alpha value is -2.06. The lowest BCUT2D eigenvalue weighted by Crippen LogP contribution is -2.27. The third kappa shape index (κ3) is 2.59. The zero-order valence-corrected chi connectivity index (χ0v) is 12.9. The highest BCUT2D eigenvalue weighted by molar-refractivity contribution is 7.21. The molecule has 8 heteroatoms. The summed E-state index contributed by atoms with van der Waals surface area (Å²) in [5, 5.41) is 14.3. The maximum absolute atomic E-state index is 12.4. The molecule has 1 unspecified atom stereocenters. The third-order valence-electron chi connectivity index (χ3n) is 3.09. The number of hydrogen-bond donors (Lipinski definition) is 2. The molecule has 21 heavy (non-hydrogen) atoms. The van der Waals surface area contributed by atoms with Crippen LogP contribution in [0.4, 0.5) is 5.69 Å². The molecule has 0 fully saturated rings. The van der Waals surface area contributed by atoms with E-state index in [1.807, 2.05) is 12.3 Å². The highest BCUT2D eigenvalue weighted by Gasteiger charge is 2.21. The fourth-order valence-electron chi connectivity index (χ4n) is 2.01. The number of rotatable bonds is 4. The molecule has 0 aromatic carbocycles. The van der Waals surface area contributed by atoms with Crippen LogP contribution in [0, 0.1) is 0 Å². The fourth-order valence-corrected chi connectivity index (χ4v) is 3.72. The molecule has 0 aliphatic rings. The number of nitrogens with two attached hydrogens (primary N) is 1. The summed E-state index contributed by atoms with van der Waals surface area (Å²) >= 11 is 2.78. The van der Waals surface area contributed by atoms with E-state index in [0.29, 0.717) is 15.4 Å². The smallest absolute Gasteiger partial charge is 0.264 e. The third-order valence-corrected chi connectivity index (χ3v) is 5.08. The number of thiophene rings is 1. The second-order valence-electron chi connectivity index (χ2n) is 4.40. The molecule has 3 heterocycles. The number of carbonyl (C=O) groups excluding carboxylic acids is 1. The lowest BCUT2D eigenvalue weighted by molar-refractivity contribution is 0.0940. The van der Waals surface area contributed by atoms with Crippen LogP contribution in [0.2, 0.25) is 0 Å². The highest BCUT2D eigenvalue weighted by atomic mass is 32.1. The number of nitrogens with zero attached hydrogens (tertiary/aromatic N) is 3. The fraction of sp³-hybridized carbons (Fsp3) is 0.231. The van der Waals surface area contributed by atoms with E-state index in [9.17, 15) is 4.79 Å². The maximum Gasteiger partial charge on any atom is 0.264 e. The second-order valence-corrected chi connectivity index (χ2v) is 6.32. The van der Waals surface area contributed by atoms with Crippen LogP contribution in [-0.2, 0) is 0 Å². The first-order valence-corrected chi connectivity index (χ1v) is 8.10. The molecule has 3 aromatic heterocycles. The number of thiazole rings is 1. The molecule has 0 aliphatic carbocycles. The molecule has 1 amide bonds. The molecule has 0 aliphatic heterocycles. The number of aromatic nitrogens is 3. The standard InChI is InChI=1S/C13H13N5OS2/c1-2-8(13-15-5-6-20-13)17-11(19)10-9(14)7-3-4-16-18-12(7)21-10/h3-6,8H,2,14H2,1H3,(H,17,19). The van der Waals surface area contributed by atoms with Gasteiger partial charge < -0.3 is 11.1 Å². The Morgan fingerprint density at radius 3 is 3.00 bits per heavy atom. The van der Waals surface area contributed by atoms with Crippen molar-refractivity contribution < 1.29 is 4.79 Å². The maximum atomic E-state index is 12.4. The predicted molar refractivity (Wildman–Crippen MR) is 84.4 cm³/mol. The van der Waals surface area contributed by atoms with Crippen LogP contribution in [0.1, 0.15) is 34.1 Å². The van der Waals surface area contributed by atoms with E-state index in [1.165, 1.54) is 22.7 Å². The molecule has 3 N–H and O–H groups in total. The summed E-state index contributed by atoms with van der Waals surface area (Å²) < 4.78 is 0. The number of amides is 1. The molecule has 3 rings (SSSR count). The van der Waals surface area contributed by atoms with Crippen LogP contribution in [-0.4, -0.2) is 21.1 Å². The molecule has 0 saturated carbocycles. The topological polar surface area (TPSA) is 93.8 Å². The van der Waals surface area contributed by atoms with E-state index in [0.717, 1.165) is 16.8 Å². The van der Waals surface area contributed by atoms with Crippen molar-refractivity contribution in [3.63, 3.8) is 0 Å². The molecule has 0 saturated heterocycles. The summed E-state index contributed by atoms with van der Waals surface area (Å²) in [6, 6.07) is 1.66. The normalized spacial score (nSPS) is 12.4. The zero-order valence-electron chi connectivity index (χ0n) is 11.2. The molecular weight excluding hydrogens is 306 g/mol. The van der Waals surface area contributed by atoms with Crippen molar-refractivity contribution in [2.75, 3.05) is 5.73 Å². The van der Waals surface area contributed by atoms with Gasteiger partial charge in [-0.25, -0.2) is 4.98 Å². The SMILES string of the molecule is CCC(NC(=O)c1sc2nnccc2c1N)c1nccs1. The van der Waals surface area contributed by atoms with Crippen LogP contribution in [0.5, 0.6) is 0 Å². The Kier molecular flexibility index (Phi) is 3.80. The minimum absolute atomic E-state index is 0.104. The quantitative estimate of drug-likeness (QED) is 0.771. The molecule has 0 spiro atoms. The Bertz CT molecular complexity index is 768. The van der Waals surface area contributed by atoms with Gasteiger partial charge in [0.2, 0.25) is 0 Å². The largest absolute Gasteiger partial charge is 0.397 e. The zero-order chi connectivity index (χ0) is 14.8. The molecule has 3 aromatic rings. The minimum Gasteiger partial charge on any atom is -0.397 e. The number of anilines is 1. The Morgan fingerprint density at radius 1 is 1.48 bits per heavy atom. The van der Waals surface area contributed by atoms with Gasteiger partial charge in [0.05, 0.1) is 17.9 Å². The Balaban J connectivity index is 1.88. The van der Waals surface area contributed by atoms with Gasteiger partial charge in [0, 0.05) is 17.0 Å². The highest BCUT2D eigenvalue weighted by Crippen LogP contribution is 2.32. The average molecular weight is 319 g/mol. The number of nitrogen functional groups attached to an aromatic ring is 1. The molecule has 0 radical (unpaired) electrons. The molecule has 108 valence electrons. The average Bonchev–Trinajstić information content (AvgIpc) is 3.13. The van der Waals surface area contributed by atoms with Gasteiger partial charge in [0.25, 0.3) is 5.91 Å². The lowest BCUT2D eigenvalue weighted by atomic mass is 10.2. The van der Waals surface area contributed by atoms with Crippen molar-refractivity contribution in [2.24, 2.45) is 0 Å². The van der Waals surface area contributed by atoms with Gasteiger partial charge in [-0.3, -0.25) is 4.79 Å². The molecule has 6 nitrogen and oxygen atoms in total. The first-order chi connectivity index (χ1) is 10.2. The molecular formula is C13H13N5OS2. The first kappa shape index (κ1) is 13.9. The van der Waals surface area contributed by atoms with Gasteiger partial charge in [-0.15, -0.1) is 27.8 Å². The Labute approximate surface area is 129 Å². The van der Waals surface area contributed by atoms with Gasteiger partial charge in [-0.1, -0.05) is 6.92 Å². The van der Waals surface area contributed by atoms with E-state index in [4.69, 9.17) is 5.73 Å². The van der Waals surface area contributed by atoms with E-state index >= 15 is 0 Å². The summed E-state index contributed by atoms with van der Waals surface area (Å²) in [6.07, 6.45) is 4.07. The van der Waals surface area contributed by atoms with Crippen molar-refractivity contribution in [2.45, 2.75) is 19.4 Å². The van der Waals surface area contributed by atoms with E-state index in [1.54, 1.807) is 18.5 Å². The van der Waals surface area contributed by atoms with Gasteiger partial charge in [0.1, 0.15) is 14.7 Å². The van der Waals surface area contributed by atoms with E-state index in [-0.39, 0.29) is 11.9 Å². The second kappa shape index (κ2) is 5.74. The van der Waals surface area contributed by atoms with Crippen molar-refractivity contribution >= 4 is 44.5 Å². The van der Waals surface area contributed by atoms with Gasteiger partial charge in [0.15, 0.2) is 0 Å². The number of hydrogen-bond acceptors (Lipinski definition) is 7. The summed E-state index contributed by atoms with van der Waals surface area (Å²) in [5.74, 6) is -0.197. The van der Waals surface area contributed by atoms with Gasteiger partial charge in [-0.05, 0) is 12.5 Å². The molecule has 1 atom stereocenters. The predicted octanol–water partition coefficient (Wildman–Crippen LogP) is 2.61. The van der Waals surface area contributed by atoms with Crippen LogP contribution in [0.15, 0.2) is 23.8 Å². The number of nitrogens with one attached hydrogen (secondary N) is 1. The van der Waals surface area contributed by atoms with Crippen molar-refractivity contribution in [3.05, 3.63) is 33.7 Å². The summed E-state index contributed by atoms with van der Waals surface area (Å²) in [5.41, 5.74) is 6.50. The van der Waals surface area contributed by atoms with Crippen LogP contribution < -0.4 is 11.1 Å². The minimum atomic E-state index is -0.197. The van der Waals surface area contributed by atoms with Crippen molar-refractivity contribution in [1.29, 1.82) is 0 Å². The van der Waals surface area contributed by atoms with Crippen LogP contribution in [0.3, 0.4) is 0 Å². The number of fused-ring (bicyclic) bond motifs is 1. The van der Waals surface area contributed by atoms with Crippen molar-refractivity contribution in [3.8, 4) is 0 Å². The van der Waals surface area contributed by atoms with Crippen molar-refractivity contribution in [1.82, 2.24) is 20.5 Å². The number of carbonyl (C=O) groups is 1. The monoisotopic (exact) mass is 319 g/mol. The van der Waals surface area contributed by atoms with Gasteiger partial charge in [-0.2, -0.15) is 5.10 Å². The first-order valence-electron chi connectivity index (χ1n) is 6.40. The summed E-state index contributed by atoms with van der Waals surface area (Å²) in [6.45, 7) is 2.01. The summed E-state index contributed by atoms with van der Waals surface area (Å²) in [4.78, 5) is 17.8. The van der Waals surface area contributed by atoms with E-state index in [2.05, 4.69) is 20.5 Å². The van der Waals surface area contributed by atoms with Crippen LogP contribution >= 0.6 is 22.7 Å². The lowest BCUT2D eigenvalue weighted by Gasteiger charge is -2.13. The van der Waals surface area contributed by atoms with Gasteiger partial charge >= 0.3 is 0 Å². The Morgan fingerprint density at radius 2 is 2.33 bits per heavy atom. The summed E-state index contributed by atoms with van der Waals surface area (Å²) in [7, 11) is 0. The molecule has 0 bridgehead atoms. The van der Waals surface area contributed by atoms with Crippen LogP contribution in [0.25, 0.3) is 10.2 Å².